The number of carbonyl (C=O) groups is 1. The lowest BCUT2D eigenvalue weighted by molar-refractivity contribution is 0.117. The summed E-state index contributed by atoms with van der Waals surface area (Å²) in [6.45, 7) is 2.77. The summed E-state index contributed by atoms with van der Waals surface area (Å²) in [5.41, 5.74) is 3.64. The van der Waals surface area contributed by atoms with Crippen LogP contribution < -0.4 is 5.32 Å². The molecule has 1 fully saturated rings. The van der Waals surface area contributed by atoms with Gasteiger partial charge in [0, 0.05) is 13.2 Å². The summed E-state index contributed by atoms with van der Waals surface area (Å²) >= 11 is 0. The molecular weight excluding hydrogens is 403 g/mol. The predicted octanol–water partition coefficient (Wildman–Crippen LogP) is 5.64. The van der Waals surface area contributed by atoms with E-state index in [1.165, 1.54) is 12.1 Å². The molecule has 166 valence electrons. The van der Waals surface area contributed by atoms with Crippen LogP contribution >= 0.6 is 0 Å². The number of amides is 2. The van der Waals surface area contributed by atoms with Crippen LogP contribution in [-0.4, -0.2) is 29.2 Å². The molecule has 2 amide bonds. The Morgan fingerprint density at radius 1 is 1.00 bits per heavy atom. The van der Waals surface area contributed by atoms with Gasteiger partial charge in [-0.1, -0.05) is 66.7 Å². The van der Waals surface area contributed by atoms with Crippen LogP contribution in [0.25, 0.3) is 11.1 Å². The van der Waals surface area contributed by atoms with Crippen molar-refractivity contribution in [3.05, 3.63) is 95.8 Å². The summed E-state index contributed by atoms with van der Waals surface area (Å²) in [6, 6.07) is 24.4. The van der Waals surface area contributed by atoms with Gasteiger partial charge in [-0.05, 0) is 60.6 Å². The van der Waals surface area contributed by atoms with E-state index in [-0.39, 0.29) is 24.5 Å². The van der Waals surface area contributed by atoms with Gasteiger partial charge in [0.15, 0.2) is 0 Å². The fraction of sp³-hybridized carbons (Fsp3) is 0.296. The smallest absolute Gasteiger partial charge is 0.318 e. The summed E-state index contributed by atoms with van der Waals surface area (Å²) in [7, 11) is 0. The van der Waals surface area contributed by atoms with Gasteiger partial charge >= 0.3 is 6.03 Å². The number of urea groups is 1. The Hall–Kier alpha value is -3.18. The van der Waals surface area contributed by atoms with Crippen LogP contribution in [0.5, 0.6) is 0 Å². The molecule has 1 aliphatic heterocycles. The van der Waals surface area contributed by atoms with Crippen molar-refractivity contribution in [1.29, 1.82) is 0 Å². The van der Waals surface area contributed by atoms with Crippen molar-refractivity contribution in [2.45, 2.75) is 37.8 Å². The molecule has 0 radical (unpaired) electrons. The second-order valence-electron chi connectivity index (χ2n) is 8.45. The first-order valence-electron chi connectivity index (χ1n) is 11.1. The Bertz CT molecular complexity index is 1040. The number of aliphatic hydroxyl groups excluding tert-OH is 1. The van der Waals surface area contributed by atoms with Gasteiger partial charge in [0.2, 0.25) is 0 Å². The minimum Gasteiger partial charge on any atom is -0.396 e. The molecule has 0 aliphatic carbocycles. The zero-order valence-electron chi connectivity index (χ0n) is 18.3. The summed E-state index contributed by atoms with van der Waals surface area (Å²) in [4.78, 5) is 15.1. The van der Waals surface area contributed by atoms with Gasteiger partial charge in [0.05, 0.1) is 11.6 Å². The first-order chi connectivity index (χ1) is 15.5. The molecule has 2 N–H and O–H groups in total. The van der Waals surface area contributed by atoms with E-state index in [2.05, 4.69) is 5.32 Å². The lowest BCUT2D eigenvalue weighted by Crippen LogP contribution is -2.58. The highest BCUT2D eigenvalue weighted by molar-refractivity contribution is 5.77. The minimum absolute atomic E-state index is 0.0797. The zero-order chi connectivity index (χ0) is 22.6. The standard InChI is InChI=1S/C27H29FN2O2/c1-20(21-8-10-22(11-9-21)23-12-14-25(28)15-13-23)30-18-17-27(16-5-19-31,29-26(30)32)24-6-3-2-4-7-24/h2-4,6-15,20,31H,5,16-19H2,1H3,(H,29,32)/t20-,27-/m0/s1. The Morgan fingerprint density at radius 3 is 2.22 bits per heavy atom. The van der Waals surface area contributed by atoms with Gasteiger partial charge in [0.1, 0.15) is 5.82 Å². The normalized spacial score (nSPS) is 19.5. The molecule has 4 rings (SSSR count). The molecule has 0 saturated carbocycles. The molecule has 3 aromatic carbocycles. The fourth-order valence-electron chi connectivity index (χ4n) is 4.58. The van der Waals surface area contributed by atoms with Crippen LogP contribution in [0.15, 0.2) is 78.9 Å². The minimum atomic E-state index is -0.455. The molecule has 5 heteroatoms. The van der Waals surface area contributed by atoms with Gasteiger partial charge in [0.25, 0.3) is 0 Å². The van der Waals surface area contributed by atoms with Crippen LogP contribution in [0.3, 0.4) is 0 Å². The molecule has 0 unspecified atom stereocenters. The van der Waals surface area contributed by atoms with Gasteiger partial charge in [-0.3, -0.25) is 0 Å². The lowest BCUT2D eigenvalue weighted by Gasteiger charge is -2.45. The number of halogens is 1. The second-order valence-corrected chi connectivity index (χ2v) is 8.45. The van der Waals surface area contributed by atoms with Crippen molar-refractivity contribution in [2.24, 2.45) is 0 Å². The highest BCUT2D eigenvalue weighted by atomic mass is 19.1. The van der Waals surface area contributed by atoms with E-state index in [4.69, 9.17) is 0 Å². The average molecular weight is 433 g/mol. The molecule has 1 aliphatic rings. The maximum Gasteiger partial charge on any atom is 0.318 e. The molecule has 32 heavy (non-hydrogen) atoms. The monoisotopic (exact) mass is 432 g/mol. The number of nitrogens with one attached hydrogen (secondary N) is 1. The zero-order valence-corrected chi connectivity index (χ0v) is 18.3. The fourth-order valence-corrected chi connectivity index (χ4v) is 4.58. The van der Waals surface area contributed by atoms with Crippen LogP contribution in [0.1, 0.15) is 43.4 Å². The van der Waals surface area contributed by atoms with Gasteiger partial charge in [-0.25, -0.2) is 9.18 Å². The van der Waals surface area contributed by atoms with E-state index in [1.54, 1.807) is 12.1 Å². The highest BCUT2D eigenvalue weighted by Crippen LogP contribution is 2.36. The number of nitrogens with zero attached hydrogens (tertiary/aromatic N) is 1. The van der Waals surface area contributed by atoms with E-state index in [0.717, 1.165) is 28.7 Å². The van der Waals surface area contributed by atoms with E-state index in [1.807, 2.05) is 66.4 Å². The number of benzene rings is 3. The number of rotatable bonds is 7. The van der Waals surface area contributed by atoms with E-state index < -0.39 is 5.54 Å². The van der Waals surface area contributed by atoms with Gasteiger partial charge in [-0.2, -0.15) is 0 Å². The maximum absolute atomic E-state index is 13.2. The van der Waals surface area contributed by atoms with Crippen molar-refractivity contribution >= 4 is 6.03 Å². The summed E-state index contributed by atoms with van der Waals surface area (Å²) in [5.74, 6) is -0.249. The molecule has 0 spiro atoms. The average Bonchev–Trinajstić information content (AvgIpc) is 2.83. The van der Waals surface area contributed by atoms with Crippen LogP contribution in [0.2, 0.25) is 0 Å². The molecule has 1 saturated heterocycles. The number of hydrogen-bond donors (Lipinski definition) is 2. The maximum atomic E-state index is 13.2. The van der Waals surface area contributed by atoms with Gasteiger partial charge in [-0.15, -0.1) is 0 Å². The van der Waals surface area contributed by atoms with Crippen molar-refractivity contribution < 1.29 is 14.3 Å². The third kappa shape index (κ3) is 4.53. The summed E-state index contributed by atoms with van der Waals surface area (Å²) in [6.07, 6.45) is 2.12. The van der Waals surface area contributed by atoms with Crippen molar-refractivity contribution in [2.75, 3.05) is 13.2 Å². The molecule has 0 aromatic heterocycles. The molecule has 4 nitrogen and oxygen atoms in total. The topological polar surface area (TPSA) is 52.6 Å². The summed E-state index contributed by atoms with van der Waals surface area (Å²) in [5, 5.41) is 12.7. The largest absolute Gasteiger partial charge is 0.396 e. The van der Waals surface area contributed by atoms with Crippen LogP contribution in [-0.2, 0) is 5.54 Å². The molecule has 2 atom stereocenters. The van der Waals surface area contributed by atoms with Crippen molar-refractivity contribution in [1.82, 2.24) is 10.2 Å². The SMILES string of the molecule is C[C@@H](c1ccc(-c2ccc(F)cc2)cc1)N1CC[C@@](CCCO)(c2ccccc2)NC1=O. The number of aliphatic hydroxyl groups is 1. The Morgan fingerprint density at radius 2 is 1.62 bits per heavy atom. The van der Waals surface area contributed by atoms with Crippen LogP contribution in [0.4, 0.5) is 9.18 Å². The molecular formula is C27H29FN2O2. The van der Waals surface area contributed by atoms with Gasteiger partial charge < -0.3 is 15.3 Å². The highest BCUT2D eigenvalue weighted by Gasteiger charge is 2.40. The number of carbonyl (C=O) groups excluding carboxylic acids is 1. The summed E-state index contributed by atoms with van der Waals surface area (Å²) < 4.78 is 13.2. The van der Waals surface area contributed by atoms with E-state index in [9.17, 15) is 14.3 Å². The first-order valence-corrected chi connectivity index (χ1v) is 11.1. The first kappa shape index (κ1) is 22.0. The lowest BCUT2D eigenvalue weighted by atomic mass is 9.81. The third-order valence-corrected chi connectivity index (χ3v) is 6.51. The van der Waals surface area contributed by atoms with Crippen LogP contribution in [0, 0.1) is 5.82 Å². The second kappa shape index (κ2) is 9.53. The molecule has 3 aromatic rings. The van der Waals surface area contributed by atoms with E-state index >= 15 is 0 Å². The quantitative estimate of drug-likeness (QED) is 0.508. The Labute approximate surface area is 188 Å². The van der Waals surface area contributed by atoms with Crippen molar-refractivity contribution in [3.63, 3.8) is 0 Å². The molecule has 0 bridgehead atoms. The third-order valence-electron chi connectivity index (χ3n) is 6.51. The Balaban J connectivity index is 1.50. The Kier molecular flexibility index (Phi) is 6.56. The van der Waals surface area contributed by atoms with Crippen molar-refractivity contribution in [3.8, 4) is 11.1 Å². The van der Waals surface area contributed by atoms with E-state index in [0.29, 0.717) is 19.4 Å². The number of hydrogen-bond acceptors (Lipinski definition) is 2. The molecule has 1 heterocycles. The predicted molar refractivity (Wildman–Crippen MR) is 125 cm³/mol.